The van der Waals surface area contributed by atoms with Crippen LogP contribution < -0.4 is 15.4 Å². The first-order valence-corrected chi connectivity index (χ1v) is 6.50. The van der Waals surface area contributed by atoms with Crippen molar-refractivity contribution >= 4 is 17.5 Å². The maximum absolute atomic E-state index is 11.6. The van der Waals surface area contributed by atoms with Crippen molar-refractivity contribution in [1.29, 1.82) is 0 Å². The van der Waals surface area contributed by atoms with Gasteiger partial charge in [-0.3, -0.25) is 4.79 Å². The fourth-order valence-electron chi connectivity index (χ4n) is 1.90. The van der Waals surface area contributed by atoms with Gasteiger partial charge in [0.15, 0.2) is 6.61 Å². The number of amides is 1. The molecule has 0 saturated carbocycles. The van der Waals surface area contributed by atoms with Gasteiger partial charge in [0.05, 0.1) is 0 Å². The zero-order valence-electron chi connectivity index (χ0n) is 10.1. The Morgan fingerprint density at radius 1 is 1.44 bits per heavy atom. The van der Waals surface area contributed by atoms with E-state index in [1.54, 1.807) is 24.3 Å². The lowest BCUT2D eigenvalue weighted by Gasteiger charge is -2.12. The first-order chi connectivity index (χ1) is 8.74. The minimum absolute atomic E-state index is 0.0361. The van der Waals surface area contributed by atoms with E-state index < -0.39 is 0 Å². The van der Waals surface area contributed by atoms with Crippen LogP contribution in [0.25, 0.3) is 0 Å². The molecule has 5 heteroatoms. The predicted octanol–water partition coefficient (Wildman–Crippen LogP) is 1.59. The van der Waals surface area contributed by atoms with Gasteiger partial charge in [-0.15, -0.1) is 0 Å². The number of hydrogen-bond acceptors (Lipinski definition) is 3. The summed E-state index contributed by atoms with van der Waals surface area (Å²) in [4.78, 5) is 11.6. The molecule has 1 aliphatic heterocycles. The molecular weight excluding hydrogens is 252 g/mol. The SMILES string of the molecule is O=C(COc1ccc(Cl)cc1)NCC1CCCN1. The minimum atomic E-state index is -0.0985. The molecule has 1 atom stereocenters. The number of hydrogen-bond donors (Lipinski definition) is 2. The second-order valence-electron chi connectivity index (χ2n) is 4.34. The molecule has 1 aliphatic rings. The zero-order chi connectivity index (χ0) is 12.8. The summed E-state index contributed by atoms with van der Waals surface area (Å²) in [6.07, 6.45) is 2.31. The normalized spacial score (nSPS) is 18.6. The first kappa shape index (κ1) is 13.2. The number of ether oxygens (including phenoxy) is 1. The molecule has 1 aromatic rings. The molecule has 1 heterocycles. The Balaban J connectivity index is 1.66. The minimum Gasteiger partial charge on any atom is -0.484 e. The van der Waals surface area contributed by atoms with E-state index >= 15 is 0 Å². The second kappa shape index (κ2) is 6.61. The molecule has 0 aromatic heterocycles. The Hall–Kier alpha value is -1.26. The highest BCUT2D eigenvalue weighted by molar-refractivity contribution is 6.30. The lowest BCUT2D eigenvalue weighted by Crippen LogP contribution is -2.39. The van der Waals surface area contributed by atoms with Crippen molar-refractivity contribution < 1.29 is 9.53 Å². The Morgan fingerprint density at radius 2 is 2.22 bits per heavy atom. The van der Waals surface area contributed by atoms with Crippen LogP contribution in [-0.2, 0) is 4.79 Å². The lowest BCUT2D eigenvalue weighted by atomic mass is 10.2. The third kappa shape index (κ3) is 4.20. The maximum atomic E-state index is 11.6. The molecule has 2 N–H and O–H groups in total. The van der Waals surface area contributed by atoms with Crippen LogP contribution in [-0.4, -0.2) is 31.6 Å². The van der Waals surface area contributed by atoms with Gasteiger partial charge in [-0.25, -0.2) is 0 Å². The van der Waals surface area contributed by atoms with Gasteiger partial charge in [-0.05, 0) is 43.7 Å². The van der Waals surface area contributed by atoms with E-state index in [0.717, 1.165) is 13.0 Å². The van der Waals surface area contributed by atoms with E-state index in [9.17, 15) is 4.79 Å². The summed E-state index contributed by atoms with van der Waals surface area (Å²) in [5.74, 6) is 0.548. The summed E-state index contributed by atoms with van der Waals surface area (Å²) >= 11 is 5.75. The zero-order valence-corrected chi connectivity index (χ0v) is 10.9. The van der Waals surface area contributed by atoms with E-state index in [0.29, 0.717) is 23.4 Å². The molecule has 4 nitrogen and oxygen atoms in total. The van der Waals surface area contributed by atoms with Crippen LogP contribution in [0.2, 0.25) is 5.02 Å². The van der Waals surface area contributed by atoms with E-state index in [4.69, 9.17) is 16.3 Å². The van der Waals surface area contributed by atoms with Gasteiger partial charge in [0.2, 0.25) is 0 Å². The molecule has 1 saturated heterocycles. The number of carbonyl (C=O) groups is 1. The molecule has 1 fully saturated rings. The topological polar surface area (TPSA) is 50.4 Å². The van der Waals surface area contributed by atoms with Crippen molar-refractivity contribution in [2.45, 2.75) is 18.9 Å². The van der Waals surface area contributed by atoms with E-state index in [1.807, 2.05) is 0 Å². The number of rotatable bonds is 5. The third-order valence-electron chi connectivity index (χ3n) is 2.89. The number of benzene rings is 1. The largest absolute Gasteiger partial charge is 0.484 e. The summed E-state index contributed by atoms with van der Waals surface area (Å²) in [5.41, 5.74) is 0. The third-order valence-corrected chi connectivity index (χ3v) is 3.14. The Bertz CT molecular complexity index is 388. The average Bonchev–Trinajstić information content (AvgIpc) is 2.89. The van der Waals surface area contributed by atoms with Crippen molar-refractivity contribution in [3.8, 4) is 5.75 Å². The Labute approximate surface area is 112 Å². The molecule has 1 amide bonds. The molecule has 0 spiro atoms. The lowest BCUT2D eigenvalue weighted by molar-refractivity contribution is -0.123. The molecule has 0 bridgehead atoms. The molecule has 0 aliphatic carbocycles. The fraction of sp³-hybridized carbons (Fsp3) is 0.462. The highest BCUT2D eigenvalue weighted by Crippen LogP contribution is 2.15. The number of halogens is 1. The van der Waals surface area contributed by atoms with Crippen LogP contribution >= 0.6 is 11.6 Å². The molecule has 0 radical (unpaired) electrons. The van der Waals surface area contributed by atoms with Gasteiger partial charge in [0.1, 0.15) is 5.75 Å². The van der Waals surface area contributed by atoms with Crippen molar-refractivity contribution in [2.75, 3.05) is 19.7 Å². The quantitative estimate of drug-likeness (QED) is 0.853. The fourth-order valence-corrected chi connectivity index (χ4v) is 2.02. The van der Waals surface area contributed by atoms with Crippen molar-refractivity contribution in [2.24, 2.45) is 0 Å². The van der Waals surface area contributed by atoms with E-state index in [-0.39, 0.29) is 12.5 Å². The number of nitrogens with one attached hydrogen (secondary N) is 2. The van der Waals surface area contributed by atoms with Crippen LogP contribution in [0.1, 0.15) is 12.8 Å². The number of carbonyl (C=O) groups excluding carboxylic acids is 1. The van der Waals surface area contributed by atoms with Crippen LogP contribution in [0.4, 0.5) is 0 Å². The van der Waals surface area contributed by atoms with Crippen LogP contribution in [0.3, 0.4) is 0 Å². The summed E-state index contributed by atoms with van der Waals surface area (Å²) in [6.45, 7) is 1.75. The average molecular weight is 269 g/mol. The van der Waals surface area contributed by atoms with Crippen molar-refractivity contribution in [1.82, 2.24) is 10.6 Å². The van der Waals surface area contributed by atoms with E-state index in [2.05, 4.69) is 10.6 Å². The molecular formula is C13H17ClN2O2. The summed E-state index contributed by atoms with van der Waals surface area (Å²) in [6, 6.07) is 7.36. The van der Waals surface area contributed by atoms with Crippen molar-refractivity contribution in [3.63, 3.8) is 0 Å². The smallest absolute Gasteiger partial charge is 0.257 e. The molecule has 98 valence electrons. The van der Waals surface area contributed by atoms with Gasteiger partial charge in [0.25, 0.3) is 5.91 Å². The van der Waals surface area contributed by atoms with Gasteiger partial charge in [0, 0.05) is 17.6 Å². The Kier molecular flexibility index (Phi) is 4.84. The summed E-state index contributed by atoms with van der Waals surface area (Å²) in [7, 11) is 0. The van der Waals surface area contributed by atoms with Crippen LogP contribution in [0, 0.1) is 0 Å². The first-order valence-electron chi connectivity index (χ1n) is 6.12. The monoisotopic (exact) mass is 268 g/mol. The van der Waals surface area contributed by atoms with E-state index in [1.165, 1.54) is 6.42 Å². The van der Waals surface area contributed by atoms with Crippen LogP contribution in [0.5, 0.6) is 5.75 Å². The van der Waals surface area contributed by atoms with Gasteiger partial charge < -0.3 is 15.4 Å². The van der Waals surface area contributed by atoms with Crippen LogP contribution in [0.15, 0.2) is 24.3 Å². The predicted molar refractivity (Wildman–Crippen MR) is 71.0 cm³/mol. The van der Waals surface area contributed by atoms with Gasteiger partial charge >= 0.3 is 0 Å². The molecule has 18 heavy (non-hydrogen) atoms. The van der Waals surface area contributed by atoms with Gasteiger partial charge in [-0.1, -0.05) is 11.6 Å². The standard InChI is InChI=1S/C13H17ClN2O2/c14-10-3-5-12(6-4-10)18-9-13(17)16-8-11-2-1-7-15-11/h3-6,11,15H,1-2,7-9H2,(H,16,17). The van der Waals surface area contributed by atoms with Gasteiger partial charge in [-0.2, -0.15) is 0 Å². The maximum Gasteiger partial charge on any atom is 0.257 e. The Morgan fingerprint density at radius 3 is 2.89 bits per heavy atom. The molecule has 1 unspecified atom stereocenters. The highest BCUT2D eigenvalue weighted by Gasteiger charge is 2.14. The summed E-state index contributed by atoms with van der Waals surface area (Å²) < 4.78 is 5.35. The second-order valence-corrected chi connectivity index (χ2v) is 4.78. The highest BCUT2D eigenvalue weighted by atomic mass is 35.5. The molecule has 1 aromatic carbocycles. The molecule has 2 rings (SSSR count). The summed E-state index contributed by atoms with van der Waals surface area (Å²) in [5, 5.41) is 6.83. The van der Waals surface area contributed by atoms with Crippen molar-refractivity contribution in [3.05, 3.63) is 29.3 Å².